The summed E-state index contributed by atoms with van der Waals surface area (Å²) in [5.41, 5.74) is -0.648. The van der Waals surface area contributed by atoms with E-state index in [4.69, 9.17) is 0 Å². The summed E-state index contributed by atoms with van der Waals surface area (Å²) >= 11 is 1.89. The molecule has 1 saturated heterocycles. The number of hydrogen-bond acceptors (Lipinski definition) is 3. The first-order valence-electron chi connectivity index (χ1n) is 7.75. The van der Waals surface area contributed by atoms with Crippen LogP contribution in [0.15, 0.2) is 0 Å². The molecule has 0 radical (unpaired) electrons. The molecule has 4 heteroatoms. The van der Waals surface area contributed by atoms with Gasteiger partial charge in [0.25, 0.3) is 0 Å². The molecule has 2 rings (SSSR count). The first-order valence-corrected chi connectivity index (χ1v) is 8.90. The van der Waals surface area contributed by atoms with Crippen LogP contribution in [0.1, 0.15) is 57.8 Å². The lowest BCUT2D eigenvalue weighted by atomic mass is 9.95. The van der Waals surface area contributed by atoms with Gasteiger partial charge in [-0.3, -0.25) is 4.79 Å². The zero-order valence-corrected chi connectivity index (χ0v) is 12.6. The van der Waals surface area contributed by atoms with Crippen molar-refractivity contribution in [1.29, 1.82) is 0 Å². The summed E-state index contributed by atoms with van der Waals surface area (Å²) in [7, 11) is 0. The monoisotopic (exact) mass is 285 g/mol. The van der Waals surface area contributed by atoms with Crippen molar-refractivity contribution in [3.05, 3.63) is 0 Å². The Morgan fingerprint density at radius 1 is 1.16 bits per heavy atom. The van der Waals surface area contributed by atoms with Crippen molar-refractivity contribution in [3.8, 4) is 0 Å². The zero-order valence-electron chi connectivity index (χ0n) is 11.8. The van der Waals surface area contributed by atoms with Gasteiger partial charge in [-0.1, -0.05) is 25.7 Å². The van der Waals surface area contributed by atoms with Crippen LogP contribution in [0.25, 0.3) is 0 Å². The molecule has 1 heterocycles. The number of carbonyl (C=O) groups is 1. The quantitative estimate of drug-likeness (QED) is 0.781. The van der Waals surface area contributed by atoms with Crippen molar-refractivity contribution in [2.45, 2.75) is 63.4 Å². The predicted octanol–water partition coefficient (Wildman–Crippen LogP) is 2.72. The molecule has 1 aliphatic heterocycles. The normalized spacial score (nSPS) is 24.7. The van der Waals surface area contributed by atoms with Crippen molar-refractivity contribution in [2.75, 3.05) is 18.1 Å². The van der Waals surface area contributed by atoms with Crippen molar-refractivity contribution in [2.24, 2.45) is 5.92 Å². The minimum absolute atomic E-state index is 0.138. The number of carbonyl (C=O) groups excluding carboxylic acids is 1. The van der Waals surface area contributed by atoms with Crippen LogP contribution >= 0.6 is 11.8 Å². The molecule has 1 saturated carbocycles. The molecule has 0 spiro atoms. The third-order valence-corrected chi connectivity index (χ3v) is 5.47. The smallest absolute Gasteiger partial charge is 0.220 e. The first-order chi connectivity index (χ1) is 9.18. The van der Waals surface area contributed by atoms with E-state index in [9.17, 15) is 9.90 Å². The summed E-state index contributed by atoms with van der Waals surface area (Å²) < 4.78 is 0. The molecule has 0 aromatic carbocycles. The lowest BCUT2D eigenvalue weighted by Gasteiger charge is -2.32. The van der Waals surface area contributed by atoms with Crippen LogP contribution in [0.5, 0.6) is 0 Å². The number of rotatable bonds is 4. The fourth-order valence-corrected chi connectivity index (χ4v) is 4.35. The Hall–Kier alpha value is -0.220. The Morgan fingerprint density at radius 3 is 2.42 bits per heavy atom. The molecule has 0 atom stereocenters. The highest BCUT2D eigenvalue weighted by atomic mass is 32.2. The molecule has 19 heavy (non-hydrogen) atoms. The van der Waals surface area contributed by atoms with E-state index in [2.05, 4.69) is 5.32 Å². The fraction of sp³-hybridized carbons (Fsp3) is 0.933. The van der Waals surface area contributed by atoms with Gasteiger partial charge >= 0.3 is 0 Å². The lowest BCUT2D eigenvalue weighted by Crippen LogP contribution is -2.45. The van der Waals surface area contributed by atoms with Crippen molar-refractivity contribution in [1.82, 2.24) is 5.32 Å². The Kier molecular flexibility index (Phi) is 6.02. The Balaban J connectivity index is 1.68. The molecule has 2 aliphatic rings. The lowest BCUT2D eigenvalue weighted by molar-refractivity contribution is -0.123. The van der Waals surface area contributed by atoms with Gasteiger partial charge in [-0.05, 0) is 43.1 Å². The highest BCUT2D eigenvalue weighted by molar-refractivity contribution is 7.99. The van der Waals surface area contributed by atoms with E-state index in [-0.39, 0.29) is 5.91 Å². The van der Waals surface area contributed by atoms with Crippen molar-refractivity contribution < 1.29 is 9.90 Å². The fourth-order valence-electron chi connectivity index (χ4n) is 3.09. The average molecular weight is 285 g/mol. The van der Waals surface area contributed by atoms with Crippen LogP contribution in [0.2, 0.25) is 0 Å². The maximum Gasteiger partial charge on any atom is 0.220 e. The third-order valence-electron chi connectivity index (χ3n) is 4.49. The van der Waals surface area contributed by atoms with Gasteiger partial charge in [0.2, 0.25) is 5.91 Å². The van der Waals surface area contributed by atoms with E-state index >= 15 is 0 Å². The first kappa shape index (κ1) is 15.2. The molecular formula is C15H27NO2S. The zero-order chi connectivity index (χ0) is 13.6. The van der Waals surface area contributed by atoms with Gasteiger partial charge in [0.05, 0.1) is 5.60 Å². The third kappa shape index (κ3) is 5.35. The van der Waals surface area contributed by atoms with Crippen molar-refractivity contribution in [3.63, 3.8) is 0 Å². The van der Waals surface area contributed by atoms with E-state index in [1.165, 1.54) is 38.5 Å². The average Bonchev–Trinajstić information content (AvgIpc) is 2.66. The Morgan fingerprint density at radius 2 is 1.79 bits per heavy atom. The van der Waals surface area contributed by atoms with Gasteiger partial charge in [-0.2, -0.15) is 11.8 Å². The van der Waals surface area contributed by atoms with Gasteiger partial charge in [0.15, 0.2) is 0 Å². The van der Waals surface area contributed by atoms with Crippen molar-refractivity contribution >= 4 is 17.7 Å². The van der Waals surface area contributed by atoms with Gasteiger partial charge in [0, 0.05) is 13.0 Å². The molecule has 2 fully saturated rings. The molecule has 2 N–H and O–H groups in total. The minimum Gasteiger partial charge on any atom is -0.388 e. The number of amides is 1. The van der Waals surface area contributed by atoms with Crippen LogP contribution in [0.4, 0.5) is 0 Å². The van der Waals surface area contributed by atoms with Crippen LogP contribution in [0.3, 0.4) is 0 Å². The second kappa shape index (κ2) is 7.53. The summed E-state index contributed by atoms with van der Waals surface area (Å²) in [5.74, 6) is 2.72. The van der Waals surface area contributed by atoms with E-state index in [0.29, 0.717) is 18.9 Å². The largest absolute Gasteiger partial charge is 0.388 e. The highest BCUT2D eigenvalue weighted by Crippen LogP contribution is 2.27. The van der Waals surface area contributed by atoms with Crippen LogP contribution < -0.4 is 5.32 Å². The SMILES string of the molecule is O=C(CC1CCCCCC1)NCC1(O)CCSCC1. The summed E-state index contributed by atoms with van der Waals surface area (Å²) in [6, 6.07) is 0. The van der Waals surface area contributed by atoms with E-state index < -0.39 is 5.60 Å². The number of nitrogens with one attached hydrogen (secondary N) is 1. The number of aliphatic hydroxyl groups is 1. The molecule has 0 unspecified atom stereocenters. The second-order valence-corrected chi connectivity index (χ2v) is 7.40. The molecule has 1 amide bonds. The van der Waals surface area contributed by atoms with E-state index in [1.54, 1.807) is 0 Å². The number of thioether (sulfide) groups is 1. The molecule has 0 aromatic rings. The predicted molar refractivity (Wildman–Crippen MR) is 80.3 cm³/mol. The Labute approximate surface area is 120 Å². The van der Waals surface area contributed by atoms with Crippen LogP contribution in [0, 0.1) is 5.92 Å². The van der Waals surface area contributed by atoms with Crippen LogP contribution in [-0.4, -0.2) is 34.7 Å². The molecule has 3 nitrogen and oxygen atoms in total. The molecule has 110 valence electrons. The Bertz CT molecular complexity index is 282. The maximum atomic E-state index is 12.0. The summed E-state index contributed by atoms with van der Waals surface area (Å²) in [5, 5.41) is 13.3. The summed E-state index contributed by atoms with van der Waals surface area (Å²) in [6.45, 7) is 0.444. The second-order valence-electron chi connectivity index (χ2n) is 6.18. The molecule has 0 aromatic heterocycles. The standard InChI is InChI=1S/C15H27NO2S/c17-14(11-13-5-3-1-2-4-6-13)16-12-15(18)7-9-19-10-8-15/h13,18H,1-12H2,(H,16,17). The molecule has 1 aliphatic carbocycles. The molecule has 0 bridgehead atoms. The maximum absolute atomic E-state index is 12.0. The highest BCUT2D eigenvalue weighted by Gasteiger charge is 2.30. The minimum atomic E-state index is -0.648. The van der Waals surface area contributed by atoms with E-state index in [1.807, 2.05) is 11.8 Å². The van der Waals surface area contributed by atoms with Crippen LogP contribution in [-0.2, 0) is 4.79 Å². The van der Waals surface area contributed by atoms with Gasteiger partial charge in [-0.15, -0.1) is 0 Å². The summed E-state index contributed by atoms with van der Waals surface area (Å²) in [4.78, 5) is 12.0. The number of hydrogen-bond donors (Lipinski definition) is 2. The van der Waals surface area contributed by atoms with Gasteiger partial charge in [-0.25, -0.2) is 0 Å². The molecular weight excluding hydrogens is 258 g/mol. The summed E-state index contributed by atoms with van der Waals surface area (Å²) in [6.07, 6.45) is 9.89. The topological polar surface area (TPSA) is 49.3 Å². The van der Waals surface area contributed by atoms with Gasteiger partial charge < -0.3 is 10.4 Å². The van der Waals surface area contributed by atoms with E-state index in [0.717, 1.165) is 24.3 Å². The van der Waals surface area contributed by atoms with Gasteiger partial charge in [0.1, 0.15) is 0 Å².